The first-order valence-corrected chi connectivity index (χ1v) is 22.7. The summed E-state index contributed by atoms with van der Waals surface area (Å²) in [5, 5.41) is 19.8. The van der Waals surface area contributed by atoms with E-state index >= 15 is 0 Å². The predicted molar refractivity (Wildman–Crippen MR) is 235 cm³/mol. The molecule has 15 heteroatoms. The first-order valence-electron chi connectivity index (χ1n) is 22.7. The molecular weight excluding hydrogens is 787 g/mol. The van der Waals surface area contributed by atoms with Crippen molar-refractivity contribution in [2.75, 3.05) is 27.3 Å². The minimum Gasteiger partial charge on any atom is -0.453 e. The van der Waals surface area contributed by atoms with Gasteiger partial charge >= 0.3 is 12.2 Å². The summed E-state index contributed by atoms with van der Waals surface area (Å²) in [6.07, 6.45) is 15.5. The molecule has 2 aliphatic heterocycles. The number of nitrogens with zero attached hydrogens (tertiary/aromatic N) is 5. The van der Waals surface area contributed by atoms with E-state index < -0.39 is 30.5 Å². The van der Waals surface area contributed by atoms with E-state index in [0.29, 0.717) is 13.1 Å². The van der Waals surface area contributed by atoms with Gasteiger partial charge in [-0.2, -0.15) is 0 Å². The molecule has 4 aliphatic rings. The number of aromatic amines is 2. The van der Waals surface area contributed by atoms with Crippen LogP contribution in [0.5, 0.6) is 0 Å². The zero-order valence-corrected chi connectivity index (χ0v) is 35.8. The number of rotatable bonds is 11. The molecule has 0 spiro atoms. The summed E-state index contributed by atoms with van der Waals surface area (Å²) >= 11 is 0. The van der Waals surface area contributed by atoms with Crippen LogP contribution in [-0.2, 0) is 14.3 Å². The van der Waals surface area contributed by atoms with Gasteiger partial charge in [-0.15, -0.1) is 0 Å². The Morgan fingerprint density at radius 2 is 1.37 bits per heavy atom. The third-order valence-electron chi connectivity index (χ3n) is 14.0. The Kier molecular flexibility index (Phi) is 12.4. The molecule has 15 nitrogen and oxygen atoms in total. The maximum absolute atomic E-state index is 14.1. The second kappa shape index (κ2) is 18.4. The maximum atomic E-state index is 14.1. The molecule has 0 bridgehead atoms. The minimum absolute atomic E-state index is 0.0597. The molecule has 2 saturated carbocycles. The Labute approximate surface area is 361 Å². The maximum Gasteiger partial charge on any atom is 0.407 e. The van der Waals surface area contributed by atoms with Gasteiger partial charge in [-0.3, -0.25) is 14.7 Å². The van der Waals surface area contributed by atoms with Crippen LogP contribution >= 0.6 is 0 Å². The Hall–Kier alpha value is -5.54. The average Bonchev–Trinajstić information content (AvgIpc) is 4.16. The summed E-state index contributed by atoms with van der Waals surface area (Å²) < 4.78 is 9.87. The van der Waals surface area contributed by atoms with Crippen LogP contribution in [0.25, 0.3) is 44.3 Å². The van der Waals surface area contributed by atoms with Crippen molar-refractivity contribution >= 4 is 39.9 Å². The number of alkyl carbamates (subject to hydrolysis) is 2. The van der Waals surface area contributed by atoms with Gasteiger partial charge in [0.05, 0.1) is 67.2 Å². The van der Waals surface area contributed by atoms with Crippen molar-refractivity contribution in [2.24, 2.45) is 11.8 Å². The number of aromatic nitrogens is 5. The molecule has 5 N–H and O–H groups in total. The number of aliphatic hydroxyl groups is 1. The fraction of sp³-hybridized carbons (Fsp3) is 0.532. The third kappa shape index (κ3) is 8.61. The van der Waals surface area contributed by atoms with Crippen LogP contribution in [-0.4, -0.2) is 104 Å². The van der Waals surface area contributed by atoms with Gasteiger partial charge in [-0.25, -0.2) is 19.6 Å². The highest BCUT2D eigenvalue weighted by molar-refractivity contribution is 5.91. The number of amides is 3. The number of likely N-dealkylation sites (tertiary alicyclic amines) is 2. The van der Waals surface area contributed by atoms with Gasteiger partial charge in [0.15, 0.2) is 0 Å². The predicted octanol–water partition coefficient (Wildman–Crippen LogP) is 7.90. The molecule has 5 aromatic rings. The van der Waals surface area contributed by atoms with E-state index in [9.17, 15) is 19.5 Å². The van der Waals surface area contributed by atoms with Gasteiger partial charge in [-0.1, -0.05) is 62.8 Å². The standard InChI is InChI=1S/C47H59N9O6/c1-61-46(59)53-40(28-11-5-3-6-12-28)44(57)55-21-9-15-38(55)42-49-26-36(51-42)33-20-18-30-23-32(19-17-31(30)24-33)34-25-35-37(27-48-34)52-43(50-35)39-16-10-22-56(39)45(58)41(54-47(60)62-2)29-13-7-4-8-14-29/h17-20,23-29,38-41,45,58H,3-16,21-22H2,1-2H3,(H,49,51)(H,50,52)(H,53,59)(H,54,60). The minimum atomic E-state index is -0.865. The Bertz CT molecular complexity index is 2390. The van der Waals surface area contributed by atoms with Crippen LogP contribution in [0.4, 0.5) is 9.59 Å². The molecule has 62 heavy (non-hydrogen) atoms. The van der Waals surface area contributed by atoms with Gasteiger partial charge in [0.1, 0.15) is 23.9 Å². The van der Waals surface area contributed by atoms with Crippen LogP contribution in [0, 0.1) is 11.8 Å². The molecule has 5 atom stereocenters. The van der Waals surface area contributed by atoms with Crippen LogP contribution in [0.15, 0.2) is 54.9 Å². The van der Waals surface area contributed by atoms with Crippen LogP contribution < -0.4 is 10.6 Å². The Morgan fingerprint density at radius 1 is 0.710 bits per heavy atom. The highest BCUT2D eigenvalue weighted by atomic mass is 16.5. The van der Waals surface area contributed by atoms with Crippen LogP contribution in [0.2, 0.25) is 0 Å². The van der Waals surface area contributed by atoms with Gasteiger partial charge in [0.25, 0.3) is 0 Å². The van der Waals surface area contributed by atoms with E-state index in [1.165, 1.54) is 20.6 Å². The topological polar surface area (TPSA) is 191 Å². The van der Waals surface area contributed by atoms with Crippen molar-refractivity contribution in [3.63, 3.8) is 0 Å². The molecule has 3 amide bonds. The highest BCUT2D eigenvalue weighted by Gasteiger charge is 2.42. The van der Waals surface area contributed by atoms with E-state index in [4.69, 9.17) is 24.4 Å². The number of carbonyl (C=O) groups is 3. The fourth-order valence-electron chi connectivity index (χ4n) is 10.7. The highest BCUT2D eigenvalue weighted by Crippen LogP contribution is 2.38. The molecule has 0 radical (unpaired) electrons. The van der Waals surface area contributed by atoms with Crippen LogP contribution in [0.3, 0.4) is 0 Å². The molecule has 2 aliphatic carbocycles. The fourth-order valence-corrected chi connectivity index (χ4v) is 10.7. The summed E-state index contributed by atoms with van der Waals surface area (Å²) in [7, 11) is 2.70. The summed E-state index contributed by atoms with van der Waals surface area (Å²) in [6.45, 7) is 1.33. The lowest BCUT2D eigenvalue weighted by molar-refractivity contribution is -0.136. The number of benzene rings is 2. The number of H-pyrrole nitrogens is 2. The van der Waals surface area contributed by atoms with Gasteiger partial charge in [-0.05, 0) is 92.2 Å². The number of fused-ring (bicyclic) bond motifs is 2. The van der Waals surface area contributed by atoms with Gasteiger partial charge < -0.3 is 40.1 Å². The van der Waals surface area contributed by atoms with E-state index in [0.717, 1.165) is 139 Å². The Morgan fingerprint density at radius 3 is 2.11 bits per heavy atom. The molecule has 5 heterocycles. The molecule has 2 aromatic carbocycles. The number of aliphatic hydroxyl groups excluding tert-OH is 1. The number of pyridine rings is 1. The number of carbonyl (C=O) groups excluding carboxylic acids is 3. The first kappa shape index (κ1) is 41.8. The quantitative estimate of drug-likeness (QED) is 0.0874. The van der Waals surface area contributed by atoms with Crippen molar-refractivity contribution < 1.29 is 29.0 Å². The number of hydrogen-bond acceptors (Lipinski definition) is 10. The third-order valence-corrected chi connectivity index (χ3v) is 14.0. The van der Waals surface area contributed by atoms with Crippen molar-refractivity contribution in [2.45, 2.75) is 120 Å². The van der Waals surface area contributed by atoms with Crippen molar-refractivity contribution in [1.82, 2.24) is 45.4 Å². The summed E-state index contributed by atoms with van der Waals surface area (Å²) in [6, 6.07) is 13.3. The van der Waals surface area contributed by atoms with Crippen LogP contribution in [0.1, 0.15) is 114 Å². The van der Waals surface area contributed by atoms with E-state index in [2.05, 4.69) is 61.9 Å². The molecule has 328 valence electrons. The monoisotopic (exact) mass is 845 g/mol. The zero-order valence-electron chi connectivity index (χ0n) is 35.8. The average molecular weight is 846 g/mol. The molecule has 9 rings (SSSR count). The van der Waals surface area contributed by atoms with E-state index in [1.54, 1.807) is 0 Å². The Balaban J connectivity index is 0.899. The molecular formula is C47H59N9O6. The lowest BCUT2D eigenvalue weighted by atomic mass is 9.83. The lowest BCUT2D eigenvalue weighted by Crippen LogP contribution is -2.55. The molecule has 2 saturated heterocycles. The van der Waals surface area contributed by atoms with Crippen molar-refractivity contribution in [3.05, 3.63) is 66.5 Å². The summed E-state index contributed by atoms with van der Waals surface area (Å²) in [5.74, 6) is 1.76. The summed E-state index contributed by atoms with van der Waals surface area (Å²) in [5.41, 5.74) is 5.29. The van der Waals surface area contributed by atoms with Gasteiger partial charge in [0, 0.05) is 24.2 Å². The largest absolute Gasteiger partial charge is 0.453 e. The second-order valence-corrected chi connectivity index (χ2v) is 17.7. The zero-order chi connectivity index (χ0) is 42.7. The molecule has 4 fully saturated rings. The van der Waals surface area contributed by atoms with Crippen molar-refractivity contribution in [3.8, 4) is 22.5 Å². The first-order chi connectivity index (χ1) is 30.3. The summed E-state index contributed by atoms with van der Waals surface area (Å²) in [4.78, 5) is 64.4. The second-order valence-electron chi connectivity index (χ2n) is 17.7. The van der Waals surface area contributed by atoms with Gasteiger partial charge in [0.2, 0.25) is 5.91 Å². The smallest absolute Gasteiger partial charge is 0.407 e. The number of methoxy groups -OCH3 is 2. The number of ether oxygens (including phenoxy) is 2. The number of imidazole rings is 2. The van der Waals surface area contributed by atoms with E-state index in [-0.39, 0.29) is 29.8 Å². The molecule has 5 unspecified atom stereocenters. The SMILES string of the molecule is COC(=O)NC(C(=O)N1CCCC1c1ncc(-c2ccc3cc(-c4cc5nc(C6CCCN6C(O)C(NC(=O)OC)C6CCCCC6)[nH]c5cn4)ccc3c2)[nH]1)C1CCCCC1. The van der Waals surface area contributed by atoms with Crippen molar-refractivity contribution in [1.29, 1.82) is 0 Å². The lowest BCUT2D eigenvalue weighted by Gasteiger charge is -2.39. The number of nitrogens with one attached hydrogen (secondary N) is 4. The number of hydrogen-bond donors (Lipinski definition) is 5. The normalized spacial score (nSPS) is 21.8. The molecule has 3 aromatic heterocycles. The van der Waals surface area contributed by atoms with E-state index in [1.807, 2.05) is 23.4 Å².